The summed E-state index contributed by atoms with van der Waals surface area (Å²) in [6, 6.07) is 18.4. The third kappa shape index (κ3) is 8.35. The third-order valence-corrected chi connectivity index (χ3v) is 8.54. The maximum absolute atomic E-state index is 14.3. The largest absolute Gasteiger partial charge is 0.497 e. The van der Waals surface area contributed by atoms with E-state index in [0.717, 1.165) is 26.6 Å². The molecule has 0 heterocycles. The molecule has 1 unspecified atom stereocenters. The van der Waals surface area contributed by atoms with E-state index in [4.69, 9.17) is 4.74 Å². The van der Waals surface area contributed by atoms with E-state index >= 15 is 0 Å². The molecule has 0 spiro atoms. The summed E-state index contributed by atoms with van der Waals surface area (Å²) in [5.41, 5.74) is 3.27. The molecule has 8 nitrogen and oxygen atoms in total. The molecule has 3 aromatic carbocycles. The molecule has 0 bridgehead atoms. The van der Waals surface area contributed by atoms with E-state index in [1.165, 1.54) is 4.90 Å². The van der Waals surface area contributed by atoms with Crippen LogP contribution in [0.5, 0.6) is 5.75 Å². The van der Waals surface area contributed by atoms with Gasteiger partial charge in [0.2, 0.25) is 11.8 Å². The van der Waals surface area contributed by atoms with Gasteiger partial charge in [-0.15, -0.1) is 0 Å². The summed E-state index contributed by atoms with van der Waals surface area (Å²) < 4.78 is 34.7. The fraction of sp³-hybridized carbons (Fsp3) is 0.394. The zero-order valence-electron chi connectivity index (χ0n) is 25.9. The van der Waals surface area contributed by atoms with Gasteiger partial charge in [0.15, 0.2) is 0 Å². The molecule has 3 aromatic rings. The standard InChI is InChI=1S/C33H43N3O5S/c1-9-30(32(38)34-33(5,6)7)35(21-26-11-10-12-28(20-26)41-8)31(37)22-36(27-18-24(3)17-25(4)19-27)42(39,40)29-15-13-23(2)14-16-29/h10-20,30H,9,21-22H2,1-8H3,(H,34,38). The zero-order chi connectivity index (χ0) is 31.2. The first-order valence-electron chi connectivity index (χ1n) is 14.1. The molecule has 3 rings (SSSR count). The highest BCUT2D eigenvalue weighted by Crippen LogP contribution is 2.27. The van der Waals surface area contributed by atoms with E-state index in [1.807, 2.05) is 66.7 Å². The lowest BCUT2D eigenvalue weighted by atomic mass is 10.1. The van der Waals surface area contributed by atoms with Crippen molar-refractivity contribution >= 4 is 27.5 Å². The van der Waals surface area contributed by atoms with Gasteiger partial charge in [-0.2, -0.15) is 0 Å². The lowest BCUT2D eigenvalue weighted by molar-refractivity contribution is -0.141. The van der Waals surface area contributed by atoms with Crippen LogP contribution in [0.15, 0.2) is 71.6 Å². The van der Waals surface area contributed by atoms with Crippen molar-refractivity contribution in [2.45, 2.75) is 77.9 Å². The van der Waals surface area contributed by atoms with Gasteiger partial charge in [0, 0.05) is 12.1 Å². The van der Waals surface area contributed by atoms with Crippen LogP contribution in [0.4, 0.5) is 5.69 Å². The highest BCUT2D eigenvalue weighted by molar-refractivity contribution is 7.92. The van der Waals surface area contributed by atoms with Gasteiger partial charge >= 0.3 is 0 Å². The fourth-order valence-corrected chi connectivity index (χ4v) is 6.20. The molecule has 1 N–H and O–H groups in total. The van der Waals surface area contributed by atoms with Crippen molar-refractivity contribution < 1.29 is 22.7 Å². The molecule has 0 saturated carbocycles. The summed E-state index contributed by atoms with van der Waals surface area (Å²) in [5.74, 6) is -0.185. The average molecular weight is 594 g/mol. The number of hydrogen-bond acceptors (Lipinski definition) is 5. The Kier molecular flexibility index (Phi) is 10.4. The van der Waals surface area contributed by atoms with E-state index in [2.05, 4.69) is 5.32 Å². The predicted molar refractivity (Wildman–Crippen MR) is 167 cm³/mol. The fourth-order valence-electron chi connectivity index (χ4n) is 4.80. The first kappa shape index (κ1) is 32.7. The number of hydrogen-bond donors (Lipinski definition) is 1. The Labute approximate surface area is 250 Å². The number of carbonyl (C=O) groups excluding carboxylic acids is 2. The highest BCUT2D eigenvalue weighted by Gasteiger charge is 2.34. The maximum Gasteiger partial charge on any atom is 0.264 e. The molecule has 0 aliphatic rings. The van der Waals surface area contributed by atoms with E-state index < -0.39 is 34.1 Å². The minimum absolute atomic E-state index is 0.0805. The predicted octanol–water partition coefficient (Wildman–Crippen LogP) is 5.54. The Hall–Kier alpha value is -3.85. The summed E-state index contributed by atoms with van der Waals surface area (Å²) >= 11 is 0. The number of sulfonamides is 1. The second-order valence-electron chi connectivity index (χ2n) is 11.7. The van der Waals surface area contributed by atoms with Gasteiger partial charge in [-0.3, -0.25) is 13.9 Å². The maximum atomic E-state index is 14.3. The van der Waals surface area contributed by atoms with Crippen molar-refractivity contribution in [2.75, 3.05) is 18.0 Å². The first-order valence-corrected chi connectivity index (χ1v) is 15.5. The summed E-state index contributed by atoms with van der Waals surface area (Å²) in [5, 5.41) is 2.99. The van der Waals surface area contributed by atoms with Gasteiger partial charge < -0.3 is 15.0 Å². The van der Waals surface area contributed by atoms with Gasteiger partial charge in [-0.25, -0.2) is 8.42 Å². The van der Waals surface area contributed by atoms with E-state index in [9.17, 15) is 18.0 Å². The number of methoxy groups -OCH3 is 1. The number of nitrogens with one attached hydrogen (secondary N) is 1. The quantitative estimate of drug-likeness (QED) is 0.315. The number of ether oxygens (including phenoxy) is 1. The number of rotatable bonds is 11. The number of amides is 2. The third-order valence-electron chi connectivity index (χ3n) is 6.75. The van der Waals surface area contributed by atoms with Gasteiger partial charge in [-0.05, 0) is 101 Å². The molecule has 0 aliphatic carbocycles. The van der Waals surface area contributed by atoms with Crippen LogP contribution in [0.2, 0.25) is 0 Å². The van der Waals surface area contributed by atoms with Crippen molar-refractivity contribution in [1.82, 2.24) is 10.2 Å². The van der Waals surface area contributed by atoms with Crippen molar-refractivity contribution in [1.29, 1.82) is 0 Å². The molecule has 9 heteroatoms. The van der Waals surface area contributed by atoms with Crippen LogP contribution in [0.25, 0.3) is 0 Å². The molecule has 0 aliphatic heterocycles. The zero-order valence-corrected chi connectivity index (χ0v) is 26.7. The van der Waals surface area contributed by atoms with Crippen LogP contribution in [0, 0.1) is 20.8 Å². The number of carbonyl (C=O) groups is 2. The number of anilines is 1. The van der Waals surface area contributed by atoms with Crippen LogP contribution in [-0.2, 0) is 26.2 Å². The summed E-state index contributed by atoms with van der Waals surface area (Å²) in [6.45, 7) is 12.7. The SMILES string of the molecule is CCC(C(=O)NC(C)(C)C)N(Cc1cccc(OC)c1)C(=O)CN(c1cc(C)cc(C)c1)S(=O)(=O)c1ccc(C)cc1. The molecule has 0 aromatic heterocycles. The Morgan fingerprint density at radius 1 is 0.905 bits per heavy atom. The first-order chi connectivity index (χ1) is 19.6. The minimum atomic E-state index is -4.13. The highest BCUT2D eigenvalue weighted by atomic mass is 32.2. The molecule has 0 radical (unpaired) electrons. The van der Waals surface area contributed by atoms with Crippen molar-refractivity contribution in [3.8, 4) is 5.75 Å². The lowest BCUT2D eigenvalue weighted by Crippen LogP contribution is -2.55. The van der Waals surface area contributed by atoms with Crippen LogP contribution in [0.1, 0.15) is 56.4 Å². The second-order valence-corrected chi connectivity index (χ2v) is 13.6. The second kappa shape index (κ2) is 13.4. The van der Waals surface area contributed by atoms with Crippen molar-refractivity contribution in [3.05, 3.63) is 89.0 Å². The van der Waals surface area contributed by atoms with Crippen LogP contribution < -0.4 is 14.4 Å². The smallest absolute Gasteiger partial charge is 0.264 e. The van der Waals surface area contributed by atoms with E-state index in [-0.39, 0.29) is 17.3 Å². The Morgan fingerprint density at radius 3 is 2.07 bits per heavy atom. The summed E-state index contributed by atoms with van der Waals surface area (Å²) in [7, 11) is -2.57. The monoisotopic (exact) mass is 593 g/mol. The molecule has 42 heavy (non-hydrogen) atoms. The van der Waals surface area contributed by atoms with Crippen LogP contribution >= 0.6 is 0 Å². The van der Waals surface area contributed by atoms with Crippen molar-refractivity contribution in [3.63, 3.8) is 0 Å². The number of nitrogens with zero attached hydrogens (tertiary/aromatic N) is 2. The Bertz CT molecular complexity index is 1490. The summed E-state index contributed by atoms with van der Waals surface area (Å²) in [6.07, 6.45) is 0.339. The van der Waals surface area contributed by atoms with Crippen molar-refractivity contribution in [2.24, 2.45) is 0 Å². The summed E-state index contributed by atoms with van der Waals surface area (Å²) in [4.78, 5) is 29.3. The molecular formula is C33H43N3O5S. The van der Waals surface area contributed by atoms with E-state index in [0.29, 0.717) is 17.9 Å². The normalized spacial score (nSPS) is 12.4. The van der Waals surface area contributed by atoms with Gasteiger partial charge in [-0.1, -0.05) is 42.8 Å². The molecule has 0 fully saturated rings. The van der Waals surface area contributed by atoms with Gasteiger partial charge in [0.05, 0.1) is 17.7 Å². The molecule has 2 amide bonds. The molecule has 0 saturated heterocycles. The van der Waals surface area contributed by atoms with Gasteiger partial charge in [0.25, 0.3) is 10.0 Å². The Morgan fingerprint density at radius 2 is 1.52 bits per heavy atom. The number of aryl methyl sites for hydroxylation is 3. The number of benzene rings is 3. The topological polar surface area (TPSA) is 96.0 Å². The van der Waals surface area contributed by atoms with Gasteiger partial charge in [0.1, 0.15) is 18.3 Å². The Balaban J connectivity index is 2.11. The van der Waals surface area contributed by atoms with Crippen LogP contribution in [-0.4, -0.2) is 50.4 Å². The minimum Gasteiger partial charge on any atom is -0.497 e. The van der Waals surface area contributed by atoms with Crippen LogP contribution in [0.3, 0.4) is 0 Å². The van der Waals surface area contributed by atoms with E-state index in [1.54, 1.807) is 55.6 Å². The molecule has 1 atom stereocenters. The molecular weight excluding hydrogens is 550 g/mol. The molecule has 226 valence electrons. The lowest BCUT2D eigenvalue weighted by Gasteiger charge is -2.35. The average Bonchev–Trinajstić information content (AvgIpc) is 2.90.